The fourth-order valence-electron chi connectivity index (χ4n) is 7.00. The fraction of sp³-hybridized carbons (Fsp3) is 0.459. The molecule has 1 amide bonds. The number of benzene rings is 1. The van der Waals surface area contributed by atoms with Crippen molar-refractivity contribution in [2.24, 2.45) is 0 Å². The first-order chi connectivity index (χ1) is 24.2. The highest BCUT2D eigenvalue weighted by atomic mass is 19.1. The van der Waals surface area contributed by atoms with Crippen molar-refractivity contribution < 1.29 is 13.6 Å². The van der Waals surface area contributed by atoms with Crippen LogP contribution in [0.15, 0.2) is 41.7 Å². The number of hydrogen-bond donors (Lipinski definition) is 1. The zero-order valence-electron chi connectivity index (χ0n) is 30.3. The number of piperazine rings is 2. The largest absolute Gasteiger partial charge is 0.398 e. The van der Waals surface area contributed by atoms with Crippen LogP contribution in [0.5, 0.6) is 0 Å². The molecule has 2 atom stereocenters. The molecule has 0 unspecified atom stereocenters. The second-order valence-corrected chi connectivity index (χ2v) is 14.2. The molecule has 0 saturated carbocycles. The van der Waals surface area contributed by atoms with Gasteiger partial charge in [-0.1, -0.05) is 40.3 Å². The monoisotopic (exact) mass is 700 g/mol. The lowest BCUT2D eigenvalue weighted by Gasteiger charge is -2.44. The minimum atomic E-state index is -0.830. The topological polar surface area (TPSA) is 130 Å². The molecule has 2 aliphatic heterocycles. The maximum absolute atomic E-state index is 16.3. The quantitative estimate of drug-likeness (QED) is 0.214. The van der Waals surface area contributed by atoms with Gasteiger partial charge in [-0.2, -0.15) is 4.98 Å². The van der Waals surface area contributed by atoms with Gasteiger partial charge in [-0.05, 0) is 57.0 Å². The van der Waals surface area contributed by atoms with Gasteiger partial charge in [0.25, 0.3) is 0 Å². The number of anilines is 3. The third kappa shape index (κ3) is 6.52. The number of hydrogen-bond acceptors (Lipinski definition) is 10. The SMILES string of the molecule is C=CC(=O)N1C[C@H](C)N(c2nc(=O)n(-c3c(C(C)C)nc(N4CCN(C)CC4)nc3C(C)C)c3nc(-c4c(N)cccc4F)c(F)cc23)C[C@H]1C. The molecule has 4 aromatic rings. The van der Waals surface area contributed by atoms with Crippen molar-refractivity contribution >= 4 is 34.4 Å². The Kier molecular flexibility index (Phi) is 9.82. The summed E-state index contributed by atoms with van der Waals surface area (Å²) in [5.74, 6) is -1.32. The number of amides is 1. The Morgan fingerprint density at radius 2 is 1.59 bits per heavy atom. The number of nitrogen functional groups attached to an aromatic ring is 1. The number of rotatable bonds is 7. The zero-order chi connectivity index (χ0) is 36.9. The Labute approximate surface area is 296 Å². The summed E-state index contributed by atoms with van der Waals surface area (Å²) in [6.07, 6.45) is 1.28. The van der Waals surface area contributed by atoms with Crippen LogP contribution < -0.4 is 21.2 Å². The third-order valence-electron chi connectivity index (χ3n) is 9.83. The van der Waals surface area contributed by atoms with E-state index in [0.29, 0.717) is 36.1 Å². The number of nitrogens with two attached hydrogens (primary N) is 1. The Bertz CT molecular complexity index is 2010. The molecule has 2 fully saturated rings. The van der Waals surface area contributed by atoms with Gasteiger partial charge in [-0.25, -0.2) is 33.1 Å². The molecular formula is C37H46F2N10O2. The van der Waals surface area contributed by atoms with Crippen LogP contribution in [0.3, 0.4) is 0 Å². The molecule has 3 aromatic heterocycles. The number of aromatic nitrogens is 5. The van der Waals surface area contributed by atoms with Crippen LogP contribution >= 0.6 is 0 Å². The van der Waals surface area contributed by atoms with E-state index in [4.69, 9.17) is 20.7 Å². The first-order valence-corrected chi connectivity index (χ1v) is 17.4. The van der Waals surface area contributed by atoms with E-state index in [2.05, 4.69) is 28.4 Å². The molecule has 270 valence electrons. The average Bonchev–Trinajstić information content (AvgIpc) is 3.08. The second-order valence-electron chi connectivity index (χ2n) is 14.2. The fourth-order valence-corrected chi connectivity index (χ4v) is 7.00. The molecule has 2 saturated heterocycles. The maximum Gasteiger partial charge on any atom is 0.355 e. The summed E-state index contributed by atoms with van der Waals surface area (Å²) in [6, 6.07) is 4.77. The van der Waals surface area contributed by atoms with E-state index in [9.17, 15) is 9.59 Å². The molecule has 0 aliphatic carbocycles. The molecule has 6 rings (SSSR count). The molecule has 12 nitrogen and oxygen atoms in total. The number of likely N-dealkylation sites (N-methyl/N-ethyl adjacent to an activating group) is 1. The Hall–Kier alpha value is -4.98. The molecular weight excluding hydrogens is 654 g/mol. The molecule has 51 heavy (non-hydrogen) atoms. The minimum Gasteiger partial charge on any atom is -0.398 e. The molecule has 0 bridgehead atoms. The van der Waals surface area contributed by atoms with E-state index < -0.39 is 17.3 Å². The highest BCUT2D eigenvalue weighted by Crippen LogP contribution is 2.37. The van der Waals surface area contributed by atoms with E-state index in [1.54, 1.807) is 4.90 Å². The van der Waals surface area contributed by atoms with Gasteiger partial charge in [-0.15, -0.1) is 0 Å². The average molecular weight is 701 g/mol. The van der Waals surface area contributed by atoms with E-state index in [0.717, 1.165) is 26.2 Å². The van der Waals surface area contributed by atoms with Crippen molar-refractivity contribution in [2.45, 2.75) is 65.5 Å². The van der Waals surface area contributed by atoms with Crippen LogP contribution in [-0.4, -0.2) is 98.6 Å². The van der Waals surface area contributed by atoms with Crippen molar-refractivity contribution in [1.82, 2.24) is 34.3 Å². The van der Waals surface area contributed by atoms with Crippen LogP contribution in [0.25, 0.3) is 28.0 Å². The molecule has 0 radical (unpaired) electrons. The number of pyridine rings is 1. The predicted molar refractivity (Wildman–Crippen MR) is 197 cm³/mol. The zero-order valence-corrected chi connectivity index (χ0v) is 30.3. The lowest BCUT2D eigenvalue weighted by molar-refractivity contribution is -0.128. The van der Waals surface area contributed by atoms with Gasteiger partial charge in [0.05, 0.1) is 28.0 Å². The summed E-state index contributed by atoms with van der Waals surface area (Å²) in [5, 5.41) is 0.237. The van der Waals surface area contributed by atoms with Crippen LogP contribution in [0.1, 0.15) is 64.8 Å². The van der Waals surface area contributed by atoms with Crippen LogP contribution in [-0.2, 0) is 4.79 Å². The first-order valence-electron chi connectivity index (χ1n) is 17.4. The van der Waals surface area contributed by atoms with Crippen molar-refractivity contribution in [1.29, 1.82) is 0 Å². The Morgan fingerprint density at radius 3 is 2.18 bits per heavy atom. The van der Waals surface area contributed by atoms with Gasteiger partial charge in [0, 0.05) is 57.0 Å². The third-order valence-corrected chi connectivity index (χ3v) is 9.83. The standard InChI is InChI=1S/C37H46F2N10O2/c1-9-28(50)47-18-23(7)48(19-22(47)6)34-24-17-26(39)32(29-25(38)11-10-12-27(29)40)41-35(24)49(37(51)44-34)33-30(20(2)3)42-36(43-31(33)21(4)5)46-15-13-45(8)14-16-46/h9-12,17,20-23H,1,13-16,18-19,40H2,2-8H3/t22-,23+/m1/s1. The molecule has 1 aromatic carbocycles. The summed E-state index contributed by atoms with van der Waals surface area (Å²) >= 11 is 0. The van der Waals surface area contributed by atoms with E-state index >= 15 is 8.78 Å². The lowest BCUT2D eigenvalue weighted by Crippen LogP contribution is -2.58. The van der Waals surface area contributed by atoms with Crippen molar-refractivity contribution in [3.05, 3.63) is 70.4 Å². The van der Waals surface area contributed by atoms with Crippen molar-refractivity contribution in [2.75, 3.05) is 61.8 Å². The maximum atomic E-state index is 16.3. The van der Waals surface area contributed by atoms with Gasteiger partial charge in [0.15, 0.2) is 11.5 Å². The Morgan fingerprint density at radius 1 is 0.941 bits per heavy atom. The lowest BCUT2D eigenvalue weighted by atomic mass is 10.0. The molecule has 14 heteroatoms. The number of carbonyl (C=O) groups is 1. The van der Waals surface area contributed by atoms with Gasteiger partial charge >= 0.3 is 5.69 Å². The second kappa shape index (κ2) is 14.0. The Balaban J connectivity index is 1.66. The number of fused-ring (bicyclic) bond motifs is 1. The molecule has 2 N–H and O–H groups in total. The van der Waals surface area contributed by atoms with Gasteiger partial charge in [0.2, 0.25) is 11.9 Å². The summed E-state index contributed by atoms with van der Waals surface area (Å²) < 4.78 is 33.0. The number of nitrogens with zero attached hydrogens (tertiary/aromatic N) is 9. The van der Waals surface area contributed by atoms with E-state index in [1.165, 1.54) is 34.9 Å². The van der Waals surface area contributed by atoms with Crippen molar-refractivity contribution in [3.8, 4) is 16.9 Å². The summed E-state index contributed by atoms with van der Waals surface area (Å²) in [6.45, 7) is 19.3. The van der Waals surface area contributed by atoms with E-state index in [-0.39, 0.29) is 63.6 Å². The van der Waals surface area contributed by atoms with E-state index in [1.807, 2.05) is 46.4 Å². The predicted octanol–water partition coefficient (Wildman–Crippen LogP) is 4.71. The highest BCUT2D eigenvalue weighted by Gasteiger charge is 2.35. The summed E-state index contributed by atoms with van der Waals surface area (Å²) in [5.41, 5.74) is 6.68. The minimum absolute atomic E-state index is 0.0000159. The van der Waals surface area contributed by atoms with Gasteiger partial charge < -0.3 is 25.3 Å². The van der Waals surface area contributed by atoms with Gasteiger partial charge in [-0.3, -0.25) is 4.79 Å². The van der Waals surface area contributed by atoms with Crippen LogP contribution in [0, 0.1) is 11.6 Å². The van der Waals surface area contributed by atoms with Gasteiger partial charge in [0.1, 0.15) is 17.3 Å². The normalized spacial score (nSPS) is 18.7. The number of carbonyl (C=O) groups excluding carboxylic acids is 1. The van der Waals surface area contributed by atoms with Crippen LogP contribution in [0.4, 0.5) is 26.2 Å². The summed E-state index contributed by atoms with van der Waals surface area (Å²) in [7, 11) is 2.08. The molecule has 5 heterocycles. The molecule has 0 spiro atoms. The number of halogens is 2. The smallest absolute Gasteiger partial charge is 0.355 e. The first kappa shape index (κ1) is 35.8. The van der Waals surface area contributed by atoms with Crippen molar-refractivity contribution in [3.63, 3.8) is 0 Å². The summed E-state index contributed by atoms with van der Waals surface area (Å²) in [4.78, 5) is 54.7. The van der Waals surface area contributed by atoms with Crippen LogP contribution in [0.2, 0.25) is 0 Å². The molecule has 2 aliphatic rings. The highest BCUT2D eigenvalue weighted by molar-refractivity contribution is 5.92.